The van der Waals surface area contributed by atoms with E-state index >= 15 is 0 Å². The van der Waals surface area contributed by atoms with Gasteiger partial charge in [0.05, 0.1) is 5.02 Å². The molecule has 0 bridgehead atoms. The SMILES string of the molecule is CCCNCc1ccc(OCC#N)c(Cl)c1. The predicted octanol–water partition coefficient (Wildman–Crippen LogP) is 2.74. The van der Waals surface area contributed by atoms with E-state index in [1.54, 1.807) is 6.07 Å². The summed E-state index contributed by atoms with van der Waals surface area (Å²) in [5.41, 5.74) is 1.11. The van der Waals surface area contributed by atoms with E-state index in [0.29, 0.717) is 10.8 Å². The fraction of sp³-hybridized carbons (Fsp3) is 0.417. The van der Waals surface area contributed by atoms with Crippen molar-refractivity contribution in [3.63, 3.8) is 0 Å². The molecule has 1 aromatic rings. The Morgan fingerprint density at radius 2 is 2.31 bits per heavy atom. The third-order valence-electron chi connectivity index (χ3n) is 2.04. The van der Waals surface area contributed by atoms with Crippen LogP contribution in [0, 0.1) is 11.3 Å². The standard InChI is InChI=1S/C12H15ClN2O/c1-2-6-15-9-10-3-4-12(11(13)8-10)16-7-5-14/h3-4,8,15H,2,6-7,9H2,1H3. The van der Waals surface area contributed by atoms with Gasteiger partial charge in [-0.2, -0.15) is 5.26 Å². The lowest BCUT2D eigenvalue weighted by atomic mass is 10.2. The fourth-order valence-corrected chi connectivity index (χ4v) is 1.55. The first kappa shape index (κ1) is 12.8. The average molecular weight is 239 g/mol. The van der Waals surface area contributed by atoms with Gasteiger partial charge in [0.15, 0.2) is 6.61 Å². The zero-order valence-electron chi connectivity index (χ0n) is 9.29. The maximum absolute atomic E-state index is 8.39. The second kappa shape index (κ2) is 7.10. The minimum absolute atomic E-state index is 0.0210. The first-order valence-corrected chi connectivity index (χ1v) is 5.64. The van der Waals surface area contributed by atoms with Crippen LogP contribution in [0.5, 0.6) is 5.75 Å². The summed E-state index contributed by atoms with van der Waals surface area (Å²) in [5, 5.41) is 12.2. The second-order valence-electron chi connectivity index (χ2n) is 3.39. The highest BCUT2D eigenvalue weighted by atomic mass is 35.5. The number of hydrogen-bond acceptors (Lipinski definition) is 3. The normalized spacial score (nSPS) is 9.81. The monoisotopic (exact) mass is 238 g/mol. The van der Waals surface area contributed by atoms with Gasteiger partial charge in [-0.15, -0.1) is 0 Å². The molecule has 16 heavy (non-hydrogen) atoms. The largest absolute Gasteiger partial charge is 0.477 e. The summed E-state index contributed by atoms with van der Waals surface area (Å²) >= 11 is 6.02. The third-order valence-corrected chi connectivity index (χ3v) is 2.34. The predicted molar refractivity (Wildman–Crippen MR) is 64.6 cm³/mol. The molecule has 0 heterocycles. The molecule has 0 spiro atoms. The summed E-state index contributed by atoms with van der Waals surface area (Å²) < 4.78 is 5.15. The summed E-state index contributed by atoms with van der Waals surface area (Å²) in [5.74, 6) is 0.558. The summed E-state index contributed by atoms with van der Waals surface area (Å²) in [6, 6.07) is 7.50. The van der Waals surface area contributed by atoms with E-state index in [4.69, 9.17) is 21.6 Å². The zero-order chi connectivity index (χ0) is 11.8. The van der Waals surface area contributed by atoms with Crippen molar-refractivity contribution >= 4 is 11.6 Å². The first-order valence-electron chi connectivity index (χ1n) is 5.26. The first-order chi connectivity index (χ1) is 7.77. The highest BCUT2D eigenvalue weighted by Crippen LogP contribution is 2.25. The Morgan fingerprint density at radius 3 is 2.94 bits per heavy atom. The van der Waals surface area contributed by atoms with Gasteiger partial charge in [0.2, 0.25) is 0 Å². The Morgan fingerprint density at radius 1 is 1.50 bits per heavy atom. The maximum atomic E-state index is 8.39. The quantitative estimate of drug-likeness (QED) is 0.776. The topological polar surface area (TPSA) is 45.0 Å². The van der Waals surface area contributed by atoms with Crippen LogP contribution < -0.4 is 10.1 Å². The van der Waals surface area contributed by atoms with Crippen LogP contribution in [0.25, 0.3) is 0 Å². The van der Waals surface area contributed by atoms with Crippen molar-refractivity contribution < 1.29 is 4.74 Å². The highest BCUT2D eigenvalue weighted by molar-refractivity contribution is 6.32. The lowest BCUT2D eigenvalue weighted by Crippen LogP contribution is -2.13. The number of nitrogens with zero attached hydrogens (tertiary/aromatic N) is 1. The molecule has 0 atom stereocenters. The molecule has 86 valence electrons. The van der Waals surface area contributed by atoms with Crippen molar-refractivity contribution in [2.45, 2.75) is 19.9 Å². The molecule has 4 heteroatoms. The Balaban J connectivity index is 2.57. The van der Waals surface area contributed by atoms with Gasteiger partial charge in [0.1, 0.15) is 11.8 Å². The summed E-state index contributed by atoms with van der Waals surface area (Å²) in [6.07, 6.45) is 1.11. The van der Waals surface area contributed by atoms with E-state index in [9.17, 15) is 0 Å². The van der Waals surface area contributed by atoms with Gasteiger partial charge in [0.25, 0.3) is 0 Å². The van der Waals surface area contributed by atoms with Crippen molar-refractivity contribution in [1.29, 1.82) is 5.26 Å². The molecule has 0 aliphatic carbocycles. The molecular weight excluding hydrogens is 224 g/mol. The molecule has 0 unspecified atom stereocenters. The number of nitrogens with one attached hydrogen (secondary N) is 1. The molecule has 0 radical (unpaired) electrons. The molecule has 0 aliphatic heterocycles. The van der Waals surface area contributed by atoms with Crippen LogP contribution in [0.4, 0.5) is 0 Å². The molecule has 0 aromatic heterocycles. The van der Waals surface area contributed by atoms with Gasteiger partial charge in [0, 0.05) is 6.54 Å². The van der Waals surface area contributed by atoms with Crippen LogP contribution in [0.1, 0.15) is 18.9 Å². The van der Waals surface area contributed by atoms with Gasteiger partial charge in [-0.1, -0.05) is 24.6 Å². The lowest BCUT2D eigenvalue weighted by Gasteiger charge is -2.07. The number of hydrogen-bond donors (Lipinski definition) is 1. The van der Waals surface area contributed by atoms with Crippen molar-refractivity contribution in [2.24, 2.45) is 0 Å². The summed E-state index contributed by atoms with van der Waals surface area (Å²) in [7, 11) is 0. The Bertz CT molecular complexity index is 374. The summed E-state index contributed by atoms with van der Waals surface area (Å²) in [4.78, 5) is 0. The third kappa shape index (κ3) is 4.09. The van der Waals surface area contributed by atoms with Crippen molar-refractivity contribution in [2.75, 3.05) is 13.2 Å². The highest BCUT2D eigenvalue weighted by Gasteiger charge is 2.02. The molecule has 1 rings (SSSR count). The van der Waals surface area contributed by atoms with Gasteiger partial charge in [-0.05, 0) is 30.7 Å². The minimum atomic E-state index is 0.0210. The molecule has 0 fully saturated rings. The maximum Gasteiger partial charge on any atom is 0.174 e. The number of nitriles is 1. The van der Waals surface area contributed by atoms with Gasteiger partial charge >= 0.3 is 0 Å². The molecule has 3 nitrogen and oxygen atoms in total. The molecule has 1 aromatic carbocycles. The number of rotatable bonds is 6. The van der Waals surface area contributed by atoms with Gasteiger partial charge in [-0.25, -0.2) is 0 Å². The van der Waals surface area contributed by atoms with E-state index in [1.165, 1.54) is 0 Å². The molecule has 1 N–H and O–H groups in total. The number of ether oxygens (including phenoxy) is 1. The van der Waals surface area contributed by atoms with E-state index < -0.39 is 0 Å². The second-order valence-corrected chi connectivity index (χ2v) is 3.80. The average Bonchev–Trinajstić information content (AvgIpc) is 2.28. The van der Waals surface area contributed by atoms with Crippen molar-refractivity contribution in [1.82, 2.24) is 5.32 Å². The zero-order valence-corrected chi connectivity index (χ0v) is 10.0. The number of halogens is 1. The lowest BCUT2D eigenvalue weighted by molar-refractivity contribution is 0.368. The van der Waals surface area contributed by atoms with E-state index in [-0.39, 0.29) is 6.61 Å². The molecule has 0 saturated carbocycles. The Labute approximate surface area is 101 Å². The van der Waals surface area contributed by atoms with E-state index in [2.05, 4.69) is 12.2 Å². The van der Waals surface area contributed by atoms with Crippen molar-refractivity contribution in [3.05, 3.63) is 28.8 Å². The Hall–Kier alpha value is -1.24. The van der Waals surface area contributed by atoms with Crippen LogP contribution in [0.15, 0.2) is 18.2 Å². The fourth-order valence-electron chi connectivity index (χ4n) is 1.29. The van der Waals surface area contributed by atoms with E-state index in [1.807, 2.05) is 18.2 Å². The number of benzene rings is 1. The Kier molecular flexibility index (Phi) is 5.69. The molecule has 0 amide bonds. The van der Waals surface area contributed by atoms with Crippen LogP contribution in [-0.2, 0) is 6.54 Å². The van der Waals surface area contributed by atoms with Gasteiger partial charge < -0.3 is 10.1 Å². The van der Waals surface area contributed by atoms with Crippen LogP contribution >= 0.6 is 11.6 Å². The van der Waals surface area contributed by atoms with Crippen LogP contribution in [-0.4, -0.2) is 13.2 Å². The molecular formula is C12H15ClN2O. The smallest absolute Gasteiger partial charge is 0.174 e. The van der Waals surface area contributed by atoms with Crippen molar-refractivity contribution in [3.8, 4) is 11.8 Å². The minimum Gasteiger partial charge on any atom is -0.477 e. The summed E-state index contributed by atoms with van der Waals surface area (Å²) in [6.45, 7) is 3.93. The van der Waals surface area contributed by atoms with Crippen LogP contribution in [0.2, 0.25) is 5.02 Å². The van der Waals surface area contributed by atoms with E-state index in [0.717, 1.165) is 25.1 Å². The van der Waals surface area contributed by atoms with Gasteiger partial charge in [-0.3, -0.25) is 0 Å². The van der Waals surface area contributed by atoms with Crippen LogP contribution in [0.3, 0.4) is 0 Å². The molecule has 0 saturated heterocycles. The molecule has 0 aliphatic rings.